The van der Waals surface area contributed by atoms with Crippen LogP contribution in [0.15, 0.2) is 76.8 Å². The van der Waals surface area contributed by atoms with E-state index in [2.05, 4.69) is 21.2 Å². The van der Waals surface area contributed by atoms with Gasteiger partial charge >= 0.3 is 5.97 Å². The van der Waals surface area contributed by atoms with Crippen molar-refractivity contribution in [3.05, 3.63) is 105 Å². The Balaban J connectivity index is 1.71. The number of anilines is 1. The van der Waals surface area contributed by atoms with Crippen LogP contribution in [-0.2, 0) is 16.0 Å². The highest BCUT2D eigenvalue weighted by molar-refractivity contribution is 9.10. The van der Waals surface area contributed by atoms with Crippen molar-refractivity contribution >= 4 is 39.6 Å². The van der Waals surface area contributed by atoms with Crippen LogP contribution in [0.2, 0.25) is 0 Å². The summed E-state index contributed by atoms with van der Waals surface area (Å²) in [5.41, 5.74) is 3.19. The summed E-state index contributed by atoms with van der Waals surface area (Å²) in [5.74, 6) is -1.30. The molecule has 33 heavy (non-hydrogen) atoms. The lowest BCUT2D eigenvalue weighted by Crippen LogP contribution is -2.13. The minimum atomic E-state index is -0.568. The van der Waals surface area contributed by atoms with Gasteiger partial charge in [-0.3, -0.25) is 4.79 Å². The van der Waals surface area contributed by atoms with Crippen molar-refractivity contribution in [2.24, 2.45) is 0 Å². The van der Waals surface area contributed by atoms with Gasteiger partial charge < -0.3 is 10.1 Å². The molecule has 1 amide bonds. The standard InChI is InChI=1S/C26H20BrFN2O3/c1-2-33-26(32)19-8-10-23(11-9-19)30-25(31)21(16-29)13-18-6-7-20(24(27)15-18)12-17-4-3-5-22(28)14-17/h3-11,13-15H,2,12H2,1H3,(H,30,31)/b21-13+. The van der Waals surface area contributed by atoms with E-state index in [9.17, 15) is 19.2 Å². The molecule has 3 rings (SSSR count). The molecule has 1 N–H and O–H groups in total. The molecule has 0 unspecified atom stereocenters. The van der Waals surface area contributed by atoms with Crippen LogP contribution in [0.25, 0.3) is 6.08 Å². The Hall–Kier alpha value is -3.76. The summed E-state index contributed by atoms with van der Waals surface area (Å²) < 4.78 is 19.1. The van der Waals surface area contributed by atoms with Crippen LogP contribution in [0.4, 0.5) is 10.1 Å². The number of hydrogen-bond donors (Lipinski definition) is 1. The summed E-state index contributed by atoms with van der Waals surface area (Å²) in [7, 11) is 0. The largest absolute Gasteiger partial charge is 0.462 e. The smallest absolute Gasteiger partial charge is 0.338 e. The minimum absolute atomic E-state index is 0.0748. The van der Waals surface area contributed by atoms with E-state index < -0.39 is 11.9 Å². The number of hydrogen-bond acceptors (Lipinski definition) is 4. The summed E-state index contributed by atoms with van der Waals surface area (Å²) in [4.78, 5) is 24.3. The number of ether oxygens (including phenoxy) is 1. The third kappa shape index (κ3) is 6.61. The van der Waals surface area contributed by atoms with E-state index in [0.717, 1.165) is 15.6 Å². The molecular weight excluding hydrogens is 487 g/mol. The maximum atomic E-state index is 13.4. The molecule has 0 radical (unpaired) electrons. The van der Waals surface area contributed by atoms with Gasteiger partial charge in [-0.1, -0.05) is 40.2 Å². The van der Waals surface area contributed by atoms with Gasteiger partial charge in [0.05, 0.1) is 12.2 Å². The highest BCUT2D eigenvalue weighted by Gasteiger charge is 2.12. The van der Waals surface area contributed by atoms with E-state index in [1.165, 1.54) is 30.3 Å². The molecule has 7 heteroatoms. The van der Waals surface area contributed by atoms with Gasteiger partial charge in [0.2, 0.25) is 0 Å². The van der Waals surface area contributed by atoms with Crippen molar-refractivity contribution in [2.75, 3.05) is 11.9 Å². The first-order chi connectivity index (χ1) is 15.9. The molecule has 0 aliphatic carbocycles. The highest BCUT2D eigenvalue weighted by Crippen LogP contribution is 2.23. The molecule has 0 aliphatic heterocycles. The van der Waals surface area contributed by atoms with Crippen LogP contribution in [0.5, 0.6) is 0 Å². The second kappa shape index (κ2) is 11.2. The van der Waals surface area contributed by atoms with Crippen LogP contribution in [0.1, 0.15) is 34.0 Å². The van der Waals surface area contributed by atoms with Gasteiger partial charge in [-0.15, -0.1) is 0 Å². The first-order valence-corrected chi connectivity index (χ1v) is 10.9. The number of nitrogens with one attached hydrogen (secondary N) is 1. The van der Waals surface area contributed by atoms with Crippen LogP contribution >= 0.6 is 15.9 Å². The fourth-order valence-electron chi connectivity index (χ4n) is 3.08. The van der Waals surface area contributed by atoms with Crippen molar-refractivity contribution in [2.45, 2.75) is 13.3 Å². The monoisotopic (exact) mass is 506 g/mol. The Labute approximate surface area is 199 Å². The second-order valence-corrected chi connectivity index (χ2v) is 7.93. The summed E-state index contributed by atoms with van der Waals surface area (Å²) >= 11 is 3.51. The number of rotatable bonds is 7. The molecule has 0 spiro atoms. The Morgan fingerprint density at radius 2 is 1.88 bits per heavy atom. The van der Waals surface area contributed by atoms with E-state index in [1.54, 1.807) is 37.3 Å². The quantitative estimate of drug-likeness (QED) is 0.245. The normalized spacial score (nSPS) is 10.9. The average Bonchev–Trinajstić information content (AvgIpc) is 2.80. The number of esters is 1. The Kier molecular flexibility index (Phi) is 8.11. The van der Waals surface area contributed by atoms with Crippen molar-refractivity contribution < 1.29 is 18.7 Å². The molecule has 0 aromatic heterocycles. The molecule has 0 fully saturated rings. The van der Waals surface area contributed by atoms with E-state index in [4.69, 9.17) is 4.74 Å². The van der Waals surface area contributed by atoms with E-state index >= 15 is 0 Å². The molecule has 3 aromatic rings. The zero-order chi connectivity index (χ0) is 23.8. The number of benzene rings is 3. The van der Waals surface area contributed by atoms with Gasteiger partial charge in [0, 0.05) is 10.2 Å². The van der Waals surface area contributed by atoms with Gasteiger partial charge in [-0.05, 0) is 78.6 Å². The predicted octanol–water partition coefficient (Wildman–Crippen LogP) is 5.90. The lowest BCUT2D eigenvalue weighted by Gasteiger charge is -2.08. The molecular formula is C26H20BrFN2O3. The van der Waals surface area contributed by atoms with Gasteiger partial charge in [0.25, 0.3) is 5.91 Å². The van der Waals surface area contributed by atoms with E-state index in [-0.39, 0.29) is 18.0 Å². The van der Waals surface area contributed by atoms with Gasteiger partial charge in [0.15, 0.2) is 0 Å². The molecule has 0 heterocycles. The Morgan fingerprint density at radius 1 is 1.12 bits per heavy atom. The fraction of sp³-hybridized carbons (Fsp3) is 0.115. The fourth-order valence-corrected chi connectivity index (χ4v) is 3.62. The van der Waals surface area contributed by atoms with Gasteiger partial charge in [-0.25, -0.2) is 9.18 Å². The minimum Gasteiger partial charge on any atom is -0.462 e. The average molecular weight is 507 g/mol. The second-order valence-electron chi connectivity index (χ2n) is 7.08. The zero-order valence-electron chi connectivity index (χ0n) is 17.8. The molecule has 0 bridgehead atoms. The van der Waals surface area contributed by atoms with Crippen molar-refractivity contribution in [3.8, 4) is 6.07 Å². The summed E-state index contributed by atoms with van der Waals surface area (Å²) in [6.07, 6.45) is 2.02. The number of carbonyl (C=O) groups excluding carboxylic acids is 2. The van der Waals surface area contributed by atoms with Crippen LogP contribution < -0.4 is 5.32 Å². The molecule has 0 saturated carbocycles. The topological polar surface area (TPSA) is 79.2 Å². The third-order valence-corrected chi connectivity index (χ3v) is 5.43. The van der Waals surface area contributed by atoms with Gasteiger partial charge in [0.1, 0.15) is 17.5 Å². The maximum Gasteiger partial charge on any atom is 0.338 e. The first-order valence-electron chi connectivity index (χ1n) is 10.1. The number of amides is 1. The third-order valence-electron chi connectivity index (χ3n) is 4.69. The molecule has 0 aliphatic rings. The molecule has 5 nitrogen and oxygen atoms in total. The lowest BCUT2D eigenvalue weighted by molar-refractivity contribution is -0.112. The summed E-state index contributed by atoms with van der Waals surface area (Å²) in [6.45, 7) is 1.99. The Bertz CT molecular complexity index is 1250. The van der Waals surface area contributed by atoms with Gasteiger partial charge in [-0.2, -0.15) is 5.26 Å². The summed E-state index contributed by atoms with van der Waals surface area (Å²) in [6, 6.07) is 20.0. The van der Waals surface area contributed by atoms with Crippen molar-refractivity contribution in [3.63, 3.8) is 0 Å². The maximum absolute atomic E-state index is 13.4. The molecule has 0 atom stereocenters. The summed E-state index contributed by atoms with van der Waals surface area (Å²) in [5, 5.41) is 12.1. The van der Waals surface area contributed by atoms with Crippen molar-refractivity contribution in [1.29, 1.82) is 5.26 Å². The number of nitrogens with zero attached hydrogens (tertiary/aromatic N) is 1. The molecule has 3 aromatic carbocycles. The number of halogens is 2. The SMILES string of the molecule is CCOC(=O)c1ccc(NC(=O)/C(C#N)=C/c2ccc(Cc3cccc(F)c3)c(Br)c2)cc1. The van der Waals surface area contributed by atoms with Crippen LogP contribution in [0, 0.1) is 17.1 Å². The first kappa shape index (κ1) is 23.9. The lowest BCUT2D eigenvalue weighted by atomic mass is 10.0. The van der Waals surface area contributed by atoms with Crippen LogP contribution in [-0.4, -0.2) is 18.5 Å². The molecule has 166 valence electrons. The number of carbonyl (C=O) groups is 2. The van der Waals surface area contributed by atoms with E-state index in [1.807, 2.05) is 18.2 Å². The molecule has 0 saturated heterocycles. The van der Waals surface area contributed by atoms with Crippen LogP contribution in [0.3, 0.4) is 0 Å². The van der Waals surface area contributed by atoms with Crippen molar-refractivity contribution in [1.82, 2.24) is 0 Å². The predicted molar refractivity (Wildman–Crippen MR) is 128 cm³/mol. The Morgan fingerprint density at radius 3 is 2.52 bits per heavy atom. The zero-order valence-corrected chi connectivity index (χ0v) is 19.4. The van der Waals surface area contributed by atoms with E-state index in [0.29, 0.717) is 23.2 Å². The highest BCUT2D eigenvalue weighted by atomic mass is 79.9. The number of nitriles is 1.